The van der Waals surface area contributed by atoms with Gasteiger partial charge < -0.3 is 4.42 Å². The third-order valence-electron chi connectivity index (χ3n) is 3.75. The Morgan fingerprint density at radius 2 is 2.04 bits per heavy atom. The number of carbonyl (C=O) groups excluding carboxylic acids is 1. The Balaban J connectivity index is 1.75. The number of hydrogen-bond acceptors (Lipinski definition) is 4. The fourth-order valence-electron chi connectivity index (χ4n) is 2.67. The van der Waals surface area contributed by atoms with Gasteiger partial charge in [-0.1, -0.05) is 18.2 Å². The van der Waals surface area contributed by atoms with Gasteiger partial charge in [-0.15, -0.1) is 0 Å². The Hall–Kier alpha value is -2.54. The minimum atomic E-state index is -3.94. The van der Waals surface area contributed by atoms with Gasteiger partial charge >= 0.3 is 10.2 Å². The van der Waals surface area contributed by atoms with Crippen molar-refractivity contribution >= 4 is 27.9 Å². The number of benzene rings is 1. The van der Waals surface area contributed by atoms with Gasteiger partial charge in [-0.2, -0.15) is 8.42 Å². The van der Waals surface area contributed by atoms with E-state index in [4.69, 9.17) is 4.42 Å². The highest BCUT2D eigenvalue weighted by Gasteiger charge is 2.28. The molecule has 0 unspecified atom stereocenters. The zero-order chi connectivity index (χ0) is 17.2. The Morgan fingerprint density at radius 3 is 2.79 bits per heavy atom. The smallest absolute Gasteiger partial charge is 0.326 e. The van der Waals surface area contributed by atoms with Crippen LogP contribution in [-0.4, -0.2) is 20.9 Å². The van der Waals surface area contributed by atoms with E-state index in [1.54, 1.807) is 31.2 Å². The molecule has 2 heterocycles. The molecule has 1 aromatic carbocycles. The molecule has 6 nitrogen and oxygen atoms in total. The Labute approximate surface area is 141 Å². The number of anilines is 1. The Bertz CT molecular complexity index is 884. The van der Waals surface area contributed by atoms with Crippen LogP contribution in [0.3, 0.4) is 0 Å². The third-order valence-corrected chi connectivity index (χ3v) is 5.17. The van der Waals surface area contributed by atoms with Gasteiger partial charge in [-0.25, -0.2) is 4.72 Å². The molecule has 0 radical (unpaired) electrons. The molecule has 0 saturated heterocycles. The van der Waals surface area contributed by atoms with Gasteiger partial charge in [0.2, 0.25) is 0 Å². The van der Waals surface area contributed by atoms with Gasteiger partial charge in [-0.3, -0.25) is 9.10 Å². The molecule has 1 aliphatic rings. The summed E-state index contributed by atoms with van der Waals surface area (Å²) in [5.74, 6) is 0.489. The Kier molecular flexibility index (Phi) is 4.44. The summed E-state index contributed by atoms with van der Waals surface area (Å²) < 4.78 is 33.6. The molecule has 1 aromatic heterocycles. The van der Waals surface area contributed by atoms with Crippen molar-refractivity contribution in [3.63, 3.8) is 0 Å². The number of rotatable bonds is 4. The lowest BCUT2D eigenvalue weighted by Crippen LogP contribution is -2.45. The highest BCUT2D eigenvalue weighted by Crippen LogP contribution is 2.28. The fraction of sp³-hybridized carbons (Fsp3) is 0.235. The first-order chi connectivity index (χ1) is 11.5. The maximum atomic E-state index is 12.5. The first-order valence-electron chi connectivity index (χ1n) is 7.62. The summed E-state index contributed by atoms with van der Waals surface area (Å²) in [6.45, 7) is 2.14. The summed E-state index contributed by atoms with van der Waals surface area (Å²) in [5, 5.41) is 0. The van der Waals surface area contributed by atoms with Crippen LogP contribution in [-0.2, 0) is 21.4 Å². The first-order valence-corrected chi connectivity index (χ1v) is 9.06. The lowest BCUT2D eigenvalue weighted by molar-refractivity contribution is -0.114. The molecule has 0 saturated carbocycles. The van der Waals surface area contributed by atoms with Crippen LogP contribution in [0.4, 0.5) is 5.69 Å². The third kappa shape index (κ3) is 3.51. The van der Waals surface area contributed by atoms with E-state index in [0.717, 1.165) is 18.1 Å². The molecule has 0 bridgehead atoms. The number of hydrogen-bond donors (Lipinski definition) is 1. The van der Waals surface area contributed by atoms with Crippen LogP contribution >= 0.6 is 0 Å². The van der Waals surface area contributed by atoms with Gasteiger partial charge in [0.05, 0.1) is 5.69 Å². The summed E-state index contributed by atoms with van der Waals surface area (Å²) >= 11 is 0. The van der Waals surface area contributed by atoms with Gasteiger partial charge in [-0.05, 0) is 49.6 Å². The molecule has 1 amide bonds. The molecular formula is C17H18N2O4S. The molecule has 24 heavy (non-hydrogen) atoms. The van der Waals surface area contributed by atoms with Gasteiger partial charge in [0.15, 0.2) is 0 Å². The zero-order valence-corrected chi connectivity index (χ0v) is 14.0. The number of fused-ring (bicyclic) bond motifs is 1. The van der Waals surface area contributed by atoms with Crippen LogP contribution in [0.5, 0.6) is 0 Å². The largest absolute Gasteiger partial charge is 0.462 e. The second-order valence-electron chi connectivity index (χ2n) is 5.56. The predicted octanol–water partition coefficient (Wildman–Crippen LogP) is 2.42. The zero-order valence-electron chi connectivity index (χ0n) is 13.2. The van der Waals surface area contributed by atoms with E-state index in [1.165, 1.54) is 10.4 Å². The number of furan rings is 1. The summed E-state index contributed by atoms with van der Waals surface area (Å²) in [6, 6.07) is 10.8. The van der Waals surface area contributed by atoms with Crippen molar-refractivity contribution in [1.29, 1.82) is 0 Å². The van der Waals surface area contributed by atoms with E-state index in [-0.39, 0.29) is 0 Å². The number of para-hydroxylation sites is 1. The highest BCUT2D eigenvalue weighted by molar-refractivity contribution is 7.91. The standard InChI is InChI=1S/C17H18N2O4S/c1-13-8-9-15(23-13)10-11-17(20)18-24(21,22)19-12-4-6-14-5-2-3-7-16(14)19/h2-3,5,7-11H,4,6,12H2,1H3,(H,18,20). The van der Waals surface area contributed by atoms with Crippen LogP contribution in [0, 0.1) is 6.92 Å². The van der Waals surface area contributed by atoms with Crippen LogP contribution < -0.4 is 9.03 Å². The van der Waals surface area contributed by atoms with Crippen molar-refractivity contribution in [2.75, 3.05) is 10.8 Å². The lowest BCUT2D eigenvalue weighted by Gasteiger charge is -2.29. The molecule has 1 N–H and O–H groups in total. The number of carbonyl (C=O) groups is 1. The average Bonchev–Trinajstić information content (AvgIpc) is 2.97. The summed E-state index contributed by atoms with van der Waals surface area (Å²) in [6.07, 6.45) is 4.12. The van der Waals surface area contributed by atoms with E-state index in [9.17, 15) is 13.2 Å². The number of amides is 1. The maximum Gasteiger partial charge on any atom is 0.326 e. The minimum Gasteiger partial charge on any atom is -0.462 e. The molecule has 126 valence electrons. The van der Waals surface area contributed by atoms with E-state index in [1.807, 2.05) is 12.1 Å². The number of nitrogens with one attached hydrogen (secondary N) is 1. The molecule has 2 aromatic rings. The van der Waals surface area contributed by atoms with E-state index < -0.39 is 16.1 Å². The van der Waals surface area contributed by atoms with Crippen LogP contribution in [0.15, 0.2) is 46.9 Å². The summed E-state index contributed by atoms with van der Waals surface area (Å²) in [7, 11) is -3.94. The van der Waals surface area contributed by atoms with Gasteiger partial charge in [0.25, 0.3) is 5.91 Å². The molecule has 0 aliphatic carbocycles. The number of nitrogens with zero attached hydrogens (tertiary/aromatic N) is 1. The monoisotopic (exact) mass is 346 g/mol. The van der Waals surface area contributed by atoms with Crippen molar-refractivity contribution in [1.82, 2.24) is 4.72 Å². The van der Waals surface area contributed by atoms with E-state index in [0.29, 0.717) is 30.2 Å². The van der Waals surface area contributed by atoms with Crippen molar-refractivity contribution in [3.8, 4) is 0 Å². The summed E-state index contributed by atoms with van der Waals surface area (Å²) in [5.41, 5.74) is 1.58. The van der Waals surface area contributed by atoms with Crippen molar-refractivity contribution < 1.29 is 17.6 Å². The maximum absolute atomic E-state index is 12.5. The molecular weight excluding hydrogens is 328 g/mol. The highest BCUT2D eigenvalue weighted by atomic mass is 32.2. The van der Waals surface area contributed by atoms with Crippen molar-refractivity contribution in [3.05, 3.63) is 59.6 Å². The molecule has 3 rings (SSSR count). The second kappa shape index (κ2) is 6.52. The van der Waals surface area contributed by atoms with E-state index >= 15 is 0 Å². The normalized spacial score (nSPS) is 14.6. The molecule has 7 heteroatoms. The van der Waals surface area contributed by atoms with Crippen LogP contribution in [0.1, 0.15) is 23.5 Å². The van der Waals surface area contributed by atoms with Crippen molar-refractivity contribution in [2.24, 2.45) is 0 Å². The lowest BCUT2D eigenvalue weighted by atomic mass is 10.0. The molecule has 0 atom stereocenters. The first kappa shape index (κ1) is 16.3. The Morgan fingerprint density at radius 1 is 1.25 bits per heavy atom. The molecule has 0 spiro atoms. The van der Waals surface area contributed by atoms with Crippen LogP contribution in [0.25, 0.3) is 6.08 Å². The quantitative estimate of drug-likeness (QED) is 0.862. The van der Waals surface area contributed by atoms with Crippen molar-refractivity contribution in [2.45, 2.75) is 19.8 Å². The van der Waals surface area contributed by atoms with Crippen LogP contribution in [0.2, 0.25) is 0 Å². The topological polar surface area (TPSA) is 79.6 Å². The fourth-order valence-corrected chi connectivity index (χ4v) is 3.90. The molecule has 0 fully saturated rings. The van der Waals surface area contributed by atoms with E-state index in [2.05, 4.69) is 4.72 Å². The molecule has 1 aliphatic heterocycles. The number of aryl methyl sites for hydroxylation is 2. The second-order valence-corrected chi connectivity index (χ2v) is 7.15. The summed E-state index contributed by atoms with van der Waals surface area (Å²) in [4.78, 5) is 11.9. The minimum absolute atomic E-state index is 0.348. The van der Waals surface area contributed by atoms with Gasteiger partial charge in [0.1, 0.15) is 11.5 Å². The predicted molar refractivity (Wildman–Crippen MR) is 91.7 cm³/mol. The SMILES string of the molecule is Cc1ccc(C=CC(=O)NS(=O)(=O)N2CCCc3ccccc32)o1. The average molecular weight is 346 g/mol. The van der Waals surface area contributed by atoms with Gasteiger partial charge in [0, 0.05) is 12.6 Å².